The molecule has 0 saturated carbocycles. The molecule has 76 valence electrons. The molecule has 0 aromatic heterocycles. The minimum Gasteiger partial charge on any atom is -0.496 e. The van der Waals surface area contributed by atoms with Gasteiger partial charge in [0.25, 0.3) is 0 Å². The molecule has 4 heteroatoms. The lowest BCUT2D eigenvalue weighted by atomic mass is 10.1. The van der Waals surface area contributed by atoms with Crippen molar-refractivity contribution in [2.75, 3.05) is 7.11 Å². The largest absolute Gasteiger partial charge is 0.496 e. The van der Waals surface area contributed by atoms with E-state index in [0.29, 0.717) is 11.3 Å². The van der Waals surface area contributed by atoms with E-state index in [2.05, 4.69) is 38.5 Å². The van der Waals surface area contributed by atoms with Crippen LogP contribution >= 0.6 is 38.5 Å². The molecule has 1 aromatic rings. The Labute approximate surface area is 105 Å². The summed E-state index contributed by atoms with van der Waals surface area (Å²) in [6.45, 7) is 1.81. The molecular formula is C10H10BrIO2. The van der Waals surface area contributed by atoms with E-state index in [0.717, 1.165) is 3.57 Å². The molecule has 0 radical (unpaired) electrons. The van der Waals surface area contributed by atoms with E-state index < -0.39 is 0 Å². The zero-order chi connectivity index (χ0) is 10.7. The quantitative estimate of drug-likeness (QED) is 0.465. The van der Waals surface area contributed by atoms with Crippen molar-refractivity contribution in [3.63, 3.8) is 0 Å². The summed E-state index contributed by atoms with van der Waals surface area (Å²) in [5.41, 5.74) is 0.622. The first-order valence-corrected chi connectivity index (χ1v) is 6.07. The maximum atomic E-state index is 11.7. The van der Waals surface area contributed by atoms with Crippen LogP contribution < -0.4 is 4.74 Å². The summed E-state index contributed by atoms with van der Waals surface area (Å²) in [6, 6.07) is 5.54. The summed E-state index contributed by atoms with van der Waals surface area (Å²) in [5.74, 6) is 0.673. The Morgan fingerprint density at radius 2 is 2.21 bits per heavy atom. The summed E-state index contributed by atoms with van der Waals surface area (Å²) in [7, 11) is 1.57. The fourth-order valence-corrected chi connectivity index (χ4v) is 1.79. The van der Waals surface area contributed by atoms with Gasteiger partial charge >= 0.3 is 0 Å². The van der Waals surface area contributed by atoms with Gasteiger partial charge in [0.05, 0.1) is 17.5 Å². The van der Waals surface area contributed by atoms with Crippen LogP contribution in [0.15, 0.2) is 18.2 Å². The van der Waals surface area contributed by atoms with Crippen molar-refractivity contribution in [2.24, 2.45) is 0 Å². The van der Waals surface area contributed by atoms with E-state index in [1.807, 2.05) is 12.1 Å². The van der Waals surface area contributed by atoms with Gasteiger partial charge in [0.2, 0.25) is 0 Å². The van der Waals surface area contributed by atoms with E-state index in [4.69, 9.17) is 4.74 Å². The molecule has 0 heterocycles. The lowest BCUT2D eigenvalue weighted by molar-refractivity contribution is 0.0993. The number of ether oxygens (including phenoxy) is 1. The molecule has 0 bridgehead atoms. The topological polar surface area (TPSA) is 26.3 Å². The first-order chi connectivity index (χ1) is 6.56. The maximum absolute atomic E-state index is 11.7. The fourth-order valence-electron chi connectivity index (χ4n) is 1.08. The third-order valence-electron chi connectivity index (χ3n) is 1.79. The SMILES string of the molecule is COc1cc(I)ccc1C(=O)C(C)Br. The van der Waals surface area contributed by atoms with Gasteiger partial charge < -0.3 is 4.74 Å². The van der Waals surface area contributed by atoms with E-state index >= 15 is 0 Å². The Kier molecular flexibility index (Phi) is 4.37. The average molecular weight is 369 g/mol. The van der Waals surface area contributed by atoms with Gasteiger partial charge in [-0.05, 0) is 47.7 Å². The molecule has 1 aromatic carbocycles. The standard InChI is InChI=1S/C10H10BrIO2/c1-6(11)10(13)8-4-3-7(12)5-9(8)14-2/h3-6H,1-2H3. The summed E-state index contributed by atoms with van der Waals surface area (Å²) in [6.07, 6.45) is 0. The normalized spacial score (nSPS) is 12.3. The molecule has 0 spiro atoms. The van der Waals surface area contributed by atoms with Crippen molar-refractivity contribution >= 4 is 44.3 Å². The van der Waals surface area contributed by atoms with Crippen LogP contribution in [0.5, 0.6) is 5.75 Å². The molecule has 14 heavy (non-hydrogen) atoms. The van der Waals surface area contributed by atoms with E-state index in [-0.39, 0.29) is 10.6 Å². The number of alkyl halides is 1. The van der Waals surface area contributed by atoms with Crippen molar-refractivity contribution in [3.8, 4) is 5.75 Å². The molecule has 0 amide bonds. The van der Waals surface area contributed by atoms with E-state index in [9.17, 15) is 4.79 Å². The van der Waals surface area contributed by atoms with E-state index in [1.54, 1.807) is 20.1 Å². The maximum Gasteiger partial charge on any atom is 0.179 e. The Morgan fingerprint density at radius 1 is 1.57 bits per heavy atom. The highest BCUT2D eigenvalue weighted by Crippen LogP contribution is 2.23. The second-order valence-electron chi connectivity index (χ2n) is 2.82. The van der Waals surface area contributed by atoms with Crippen LogP contribution in [0, 0.1) is 3.57 Å². The molecule has 2 nitrogen and oxygen atoms in total. The second-order valence-corrected chi connectivity index (χ2v) is 5.44. The predicted molar refractivity (Wildman–Crippen MR) is 68.4 cm³/mol. The summed E-state index contributed by atoms with van der Waals surface area (Å²) < 4.78 is 6.20. The number of benzene rings is 1. The molecule has 0 aliphatic heterocycles. The van der Waals surface area contributed by atoms with Crippen molar-refractivity contribution in [2.45, 2.75) is 11.8 Å². The van der Waals surface area contributed by atoms with E-state index in [1.165, 1.54) is 0 Å². The van der Waals surface area contributed by atoms with Gasteiger partial charge in [-0.3, -0.25) is 4.79 Å². The Balaban J connectivity index is 3.14. The number of rotatable bonds is 3. The van der Waals surface area contributed by atoms with Crippen molar-refractivity contribution < 1.29 is 9.53 Å². The molecule has 0 N–H and O–H groups in total. The van der Waals surface area contributed by atoms with Crippen LogP contribution in [0.1, 0.15) is 17.3 Å². The molecule has 1 atom stereocenters. The fraction of sp³-hybridized carbons (Fsp3) is 0.300. The van der Waals surface area contributed by atoms with Crippen LogP contribution in [0.2, 0.25) is 0 Å². The van der Waals surface area contributed by atoms with Crippen LogP contribution in [0.3, 0.4) is 0 Å². The minimum absolute atomic E-state index is 0.0400. The zero-order valence-corrected chi connectivity index (χ0v) is 11.6. The van der Waals surface area contributed by atoms with Crippen molar-refractivity contribution in [1.29, 1.82) is 0 Å². The number of carbonyl (C=O) groups excluding carboxylic acids is 1. The van der Waals surface area contributed by atoms with Gasteiger partial charge in [0, 0.05) is 3.57 Å². The number of hydrogen-bond donors (Lipinski definition) is 0. The van der Waals surface area contributed by atoms with Gasteiger partial charge in [-0.15, -0.1) is 0 Å². The molecular weight excluding hydrogens is 359 g/mol. The van der Waals surface area contributed by atoms with Crippen LogP contribution in [-0.4, -0.2) is 17.7 Å². The second kappa shape index (κ2) is 5.11. The van der Waals surface area contributed by atoms with Crippen LogP contribution in [0.4, 0.5) is 0 Å². The number of carbonyl (C=O) groups is 1. The molecule has 0 aliphatic rings. The van der Waals surface area contributed by atoms with Crippen molar-refractivity contribution in [3.05, 3.63) is 27.3 Å². The summed E-state index contributed by atoms with van der Waals surface area (Å²) in [4.78, 5) is 11.5. The highest BCUT2D eigenvalue weighted by Gasteiger charge is 2.16. The minimum atomic E-state index is -0.184. The Morgan fingerprint density at radius 3 is 2.71 bits per heavy atom. The number of ketones is 1. The van der Waals surface area contributed by atoms with Crippen LogP contribution in [0.25, 0.3) is 0 Å². The number of hydrogen-bond acceptors (Lipinski definition) is 2. The number of Topliss-reactive ketones (excluding diaryl/α,β-unsaturated/α-hetero) is 1. The van der Waals surface area contributed by atoms with Gasteiger partial charge in [-0.2, -0.15) is 0 Å². The summed E-state index contributed by atoms with van der Waals surface area (Å²) >= 11 is 5.43. The highest BCUT2D eigenvalue weighted by atomic mass is 127. The van der Waals surface area contributed by atoms with Gasteiger partial charge in [0.15, 0.2) is 5.78 Å². The molecule has 1 unspecified atom stereocenters. The van der Waals surface area contributed by atoms with Gasteiger partial charge in [0.1, 0.15) is 5.75 Å². The average Bonchev–Trinajstić information content (AvgIpc) is 2.16. The van der Waals surface area contributed by atoms with Crippen molar-refractivity contribution in [1.82, 2.24) is 0 Å². The van der Waals surface area contributed by atoms with Gasteiger partial charge in [-0.1, -0.05) is 15.9 Å². The number of methoxy groups -OCH3 is 1. The molecule has 0 saturated heterocycles. The third-order valence-corrected chi connectivity index (χ3v) is 2.88. The smallest absolute Gasteiger partial charge is 0.179 e. The zero-order valence-electron chi connectivity index (χ0n) is 7.88. The Bertz CT molecular complexity index is 350. The lowest BCUT2D eigenvalue weighted by Gasteiger charge is -2.08. The highest BCUT2D eigenvalue weighted by molar-refractivity contribution is 14.1. The molecule has 0 fully saturated rings. The first kappa shape index (κ1) is 12.0. The Hall–Kier alpha value is -0.100. The predicted octanol–water partition coefficient (Wildman–Crippen LogP) is 3.27. The molecule has 0 aliphatic carbocycles. The molecule has 1 rings (SSSR count). The lowest BCUT2D eigenvalue weighted by Crippen LogP contribution is -2.11. The number of halogens is 2. The van der Waals surface area contributed by atoms with Crippen LogP contribution in [-0.2, 0) is 0 Å². The monoisotopic (exact) mass is 368 g/mol. The first-order valence-electron chi connectivity index (χ1n) is 4.08. The third kappa shape index (κ3) is 2.70. The summed E-state index contributed by atoms with van der Waals surface area (Å²) in [5, 5.41) is 0. The van der Waals surface area contributed by atoms with Gasteiger partial charge in [-0.25, -0.2) is 0 Å².